The average molecular weight is 267 g/mol. The van der Waals surface area contributed by atoms with E-state index in [1.165, 1.54) is 18.2 Å². The van der Waals surface area contributed by atoms with Crippen LogP contribution in [0.25, 0.3) is 0 Å². The molecule has 94 valence electrons. The molecule has 3 nitrogen and oxygen atoms in total. The van der Waals surface area contributed by atoms with Gasteiger partial charge in [-0.2, -0.15) is 0 Å². The first-order chi connectivity index (χ1) is 8.50. The molecule has 1 aromatic carbocycles. The Kier molecular flexibility index (Phi) is 3.50. The minimum Gasteiger partial charge on any atom is -0.384 e. The van der Waals surface area contributed by atoms with Gasteiger partial charge in [0.25, 0.3) is 0 Å². The molecule has 2 aromatic rings. The van der Waals surface area contributed by atoms with Gasteiger partial charge < -0.3 is 10.8 Å². The van der Waals surface area contributed by atoms with E-state index >= 15 is 0 Å². The zero-order valence-electron chi connectivity index (χ0n) is 9.69. The summed E-state index contributed by atoms with van der Waals surface area (Å²) in [5, 5.41) is 10.2. The zero-order valence-corrected chi connectivity index (χ0v) is 10.4. The van der Waals surface area contributed by atoms with E-state index in [4.69, 9.17) is 17.3 Å². The van der Waals surface area contributed by atoms with E-state index in [2.05, 4.69) is 4.98 Å². The van der Waals surface area contributed by atoms with Gasteiger partial charge in [0.1, 0.15) is 17.7 Å². The number of anilines is 1. The Balaban J connectivity index is 2.48. The quantitative estimate of drug-likeness (QED) is 0.879. The summed E-state index contributed by atoms with van der Waals surface area (Å²) in [6, 6.07) is 5.81. The van der Waals surface area contributed by atoms with Crippen LogP contribution in [0.3, 0.4) is 0 Å². The summed E-state index contributed by atoms with van der Waals surface area (Å²) in [5.74, 6) is -0.272. The summed E-state index contributed by atoms with van der Waals surface area (Å²) in [7, 11) is 0. The van der Waals surface area contributed by atoms with Crippen LogP contribution in [0.4, 0.5) is 10.2 Å². The van der Waals surface area contributed by atoms with Crippen LogP contribution >= 0.6 is 11.6 Å². The average Bonchev–Trinajstić information content (AvgIpc) is 2.32. The highest BCUT2D eigenvalue weighted by Crippen LogP contribution is 2.30. The number of aromatic nitrogens is 1. The third kappa shape index (κ3) is 2.30. The van der Waals surface area contributed by atoms with Crippen molar-refractivity contribution in [2.24, 2.45) is 0 Å². The summed E-state index contributed by atoms with van der Waals surface area (Å²) in [6.07, 6.45) is 0.593. The Morgan fingerprint density at radius 1 is 1.39 bits per heavy atom. The van der Waals surface area contributed by atoms with Crippen molar-refractivity contribution in [2.75, 3.05) is 5.73 Å². The van der Waals surface area contributed by atoms with Gasteiger partial charge in [-0.05, 0) is 36.2 Å². The first kappa shape index (κ1) is 12.8. The molecular formula is C13H12ClFN2O. The van der Waals surface area contributed by atoms with Gasteiger partial charge in [0.2, 0.25) is 0 Å². The van der Waals surface area contributed by atoms with E-state index < -0.39 is 11.9 Å². The van der Waals surface area contributed by atoms with Crippen LogP contribution in [0, 0.1) is 12.7 Å². The molecule has 0 amide bonds. The SMILES string of the molecule is Cc1ccnc(N)c1C(O)c1ccc(F)c(Cl)c1. The standard InChI is InChI=1S/C13H12ClFN2O/c1-7-4-5-17-13(16)11(7)12(18)8-2-3-10(15)9(14)6-8/h2-6,12,18H,1H3,(H2,16,17). The van der Waals surface area contributed by atoms with Crippen LogP contribution in [0.5, 0.6) is 0 Å². The Labute approximate surface area is 109 Å². The van der Waals surface area contributed by atoms with Gasteiger partial charge in [-0.1, -0.05) is 17.7 Å². The molecule has 0 aliphatic rings. The first-order valence-corrected chi connectivity index (χ1v) is 5.72. The number of nitrogen functional groups attached to an aromatic ring is 1. The molecule has 0 fully saturated rings. The summed E-state index contributed by atoms with van der Waals surface area (Å²) >= 11 is 5.69. The lowest BCUT2D eigenvalue weighted by atomic mass is 9.98. The fourth-order valence-electron chi connectivity index (χ4n) is 1.80. The van der Waals surface area contributed by atoms with Crippen LogP contribution in [-0.4, -0.2) is 10.1 Å². The normalized spacial score (nSPS) is 12.4. The molecule has 1 unspecified atom stereocenters. The first-order valence-electron chi connectivity index (χ1n) is 5.34. The Morgan fingerprint density at radius 3 is 2.72 bits per heavy atom. The van der Waals surface area contributed by atoms with E-state index in [9.17, 15) is 9.50 Å². The topological polar surface area (TPSA) is 59.1 Å². The number of nitrogens with zero attached hydrogens (tertiary/aromatic N) is 1. The van der Waals surface area contributed by atoms with E-state index in [0.29, 0.717) is 11.1 Å². The second-order valence-corrected chi connectivity index (χ2v) is 4.41. The molecule has 18 heavy (non-hydrogen) atoms. The highest BCUT2D eigenvalue weighted by atomic mass is 35.5. The number of benzene rings is 1. The molecule has 5 heteroatoms. The molecule has 0 spiro atoms. The Hall–Kier alpha value is -1.65. The molecule has 0 aliphatic carbocycles. The molecule has 0 aliphatic heterocycles. The van der Waals surface area contributed by atoms with Crippen LogP contribution in [0.1, 0.15) is 22.8 Å². The summed E-state index contributed by atoms with van der Waals surface area (Å²) < 4.78 is 13.1. The van der Waals surface area contributed by atoms with E-state index in [1.54, 1.807) is 12.3 Å². The fraction of sp³-hybridized carbons (Fsp3) is 0.154. The maximum Gasteiger partial charge on any atom is 0.141 e. The van der Waals surface area contributed by atoms with Gasteiger partial charge in [0.05, 0.1) is 5.02 Å². The highest BCUT2D eigenvalue weighted by Gasteiger charge is 2.17. The third-order valence-electron chi connectivity index (χ3n) is 2.77. The van der Waals surface area contributed by atoms with Gasteiger partial charge >= 0.3 is 0 Å². The number of rotatable bonds is 2. The van der Waals surface area contributed by atoms with Gasteiger partial charge in [0.15, 0.2) is 0 Å². The highest BCUT2D eigenvalue weighted by molar-refractivity contribution is 6.30. The zero-order chi connectivity index (χ0) is 13.3. The molecule has 1 aromatic heterocycles. The summed E-state index contributed by atoms with van der Waals surface area (Å²) in [6.45, 7) is 1.82. The number of pyridine rings is 1. The van der Waals surface area contributed by atoms with Crippen molar-refractivity contribution >= 4 is 17.4 Å². The molecule has 2 rings (SSSR count). The van der Waals surface area contributed by atoms with Crippen LogP contribution < -0.4 is 5.73 Å². The molecule has 0 radical (unpaired) electrons. The lowest BCUT2D eigenvalue weighted by Gasteiger charge is -2.16. The van der Waals surface area contributed by atoms with Crippen molar-refractivity contribution in [1.29, 1.82) is 0 Å². The number of nitrogens with two attached hydrogens (primary N) is 1. The third-order valence-corrected chi connectivity index (χ3v) is 3.06. The van der Waals surface area contributed by atoms with Crippen molar-refractivity contribution in [3.05, 3.63) is 58.0 Å². The second-order valence-electron chi connectivity index (χ2n) is 4.00. The number of aliphatic hydroxyl groups excluding tert-OH is 1. The number of hydrogen-bond donors (Lipinski definition) is 2. The number of aryl methyl sites for hydroxylation is 1. The fourth-order valence-corrected chi connectivity index (χ4v) is 1.98. The minimum absolute atomic E-state index is 0.0355. The molecule has 1 atom stereocenters. The maximum atomic E-state index is 13.1. The molecule has 0 saturated carbocycles. The van der Waals surface area contributed by atoms with Crippen molar-refractivity contribution in [1.82, 2.24) is 4.98 Å². The lowest BCUT2D eigenvalue weighted by molar-refractivity contribution is 0.220. The van der Waals surface area contributed by atoms with Crippen LogP contribution in [0.15, 0.2) is 30.5 Å². The summed E-state index contributed by atoms with van der Waals surface area (Å²) in [5.41, 5.74) is 7.55. The Bertz CT molecular complexity index is 569. The van der Waals surface area contributed by atoms with Gasteiger partial charge in [-0.15, -0.1) is 0 Å². The van der Waals surface area contributed by atoms with Gasteiger partial charge in [-0.25, -0.2) is 9.37 Å². The molecule has 0 bridgehead atoms. The smallest absolute Gasteiger partial charge is 0.141 e. The van der Waals surface area contributed by atoms with Crippen LogP contribution in [0.2, 0.25) is 5.02 Å². The van der Waals surface area contributed by atoms with Crippen molar-refractivity contribution in [2.45, 2.75) is 13.0 Å². The molecule has 3 N–H and O–H groups in total. The van der Waals surface area contributed by atoms with Gasteiger partial charge in [0, 0.05) is 11.8 Å². The van der Waals surface area contributed by atoms with E-state index in [1.807, 2.05) is 6.92 Å². The number of halogens is 2. The largest absolute Gasteiger partial charge is 0.384 e. The van der Waals surface area contributed by atoms with Gasteiger partial charge in [-0.3, -0.25) is 0 Å². The Morgan fingerprint density at radius 2 is 2.11 bits per heavy atom. The van der Waals surface area contributed by atoms with Crippen LogP contribution in [-0.2, 0) is 0 Å². The lowest BCUT2D eigenvalue weighted by Crippen LogP contribution is -2.07. The predicted molar refractivity (Wildman–Crippen MR) is 68.9 cm³/mol. The van der Waals surface area contributed by atoms with Crippen molar-refractivity contribution in [3.8, 4) is 0 Å². The summed E-state index contributed by atoms with van der Waals surface area (Å²) in [4.78, 5) is 3.94. The van der Waals surface area contributed by atoms with Crippen molar-refractivity contribution < 1.29 is 9.50 Å². The molecule has 1 heterocycles. The maximum absolute atomic E-state index is 13.1. The predicted octanol–water partition coefficient (Wildman–Crippen LogP) is 2.85. The van der Waals surface area contributed by atoms with E-state index in [-0.39, 0.29) is 10.8 Å². The number of aliphatic hydroxyl groups is 1. The molecular weight excluding hydrogens is 255 g/mol. The van der Waals surface area contributed by atoms with Crippen molar-refractivity contribution in [3.63, 3.8) is 0 Å². The number of hydrogen-bond acceptors (Lipinski definition) is 3. The second kappa shape index (κ2) is 4.92. The monoisotopic (exact) mass is 266 g/mol. The molecule has 0 saturated heterocycles. The minimum atomic E-state index is -0.975. The van der Waals surface area contributed by atoms with E-state index in [0.717, 1.165) is 5.56 Å².